The lowest BCUT2D eigenvalue weighted by Crippen LogP contribution is -2.38. The van der Waals surface area contributed by atoms with Crippen LogP contribution in [0.15, 0.2) is 24.3 Å². The highest BCUT2D eigenvalue weighted by atomic mass is 16.5. The molecule has 23 heavy (non-hydrogen) atoms. The van der Waals surface area contributed by atoms with E-state index in [-0.39, 0.29) is 5.91 Å². The van der Waals surface area contributed by atoms with Crippen molar-refractivity contribution in [2.75, 3.05) is 33.8 Å². The summed E-state index contributed by atoms with van der Waals surface area (Å²) in [6.45, 7) is 2.23. The van der Waals surface area contributed by atoms with E-state index < -0.39 is 0 Å². The van der Waals surface area contributed by atoms with Gasteiger partial charge >= 0.3 is 0 Å². The smallest absolute Gasteiger partial charge is 0.234 e. The molecule has 1 aliphatic rings. The molecule has 0 aliphatic heterocycles. The van der Waals surface area contributed by atoms with Gasteiger partial charge in [-0.25, -0.2) is 0 Å². The Labute approximate surface area is 140 Å². The van der Waals surface area contributed by atoms with Crippen molar-refractivity contribution < 1.29 is 9.53 Å². The van der Waals surface area contributed by atoms with Crippen molar-refractivity contribution in [2.45, 2.75) is 38.5 Å². The summed E-state index contributed by atoms with van der Waals surface area (Å²) < 4.78 is 5.14. The summed E-state index contributed by atoms with van der Waals surface area (Å²) in [5.74, 6) is 1.76. The molecule has 4 heteroatoms. The molecular formula is C19H30N2O2. The molecule has 0 aromatic heterocycles. The normalized spacial score (nSPS) is 15.6. The monoisotopic (exact) mass is 318 g/mol. The van der Waals surface area contributed by atoms with Gasteiger partial charge in [0.25, 0.3) is 0 Å². The molecule has 0 bridgehead atoms. The van der Waals surface area contributed by atoms with E-state index in [1.807, 2.05) is 24.3 Å². The van der Waals surface area contributed by atoms with E-state index in [4.69, 9.17) is 4.74 Å². The fourth-order valence-corrected chi connectivity index (χ4v) is 3.31. The Kier molecular flexibility index (Phi) is 7.40. The van der Waals surface area contributed by atoms with E-state index in [1.54, 1.807) is 7.11 Å². The van der Waals surface area contributed by atoms with Gasteiger partial charge in [0.1, 0.15) is 5.75 Å². The number of carbonyl (C=O) groups excluding carboxylic acids is 1. The van der Waals surface area contributed by atoms with Gasteiger partial charge in [-0.1, -0.05) is 31.4 Å². The third-order valence-electron chi connectivity index (χ3n) is 4.60. The van der Waals surface area contributed by atoms with Crippen molar-refractivity contribution in [3.8, 4) is 5.75 Å². The molecule has 0 spiro atoms. The van der Waals surface area contributed by atoms with E-state index in [9.17, 15) is 4.79 Å². The zero-order valence-corrected chi connectivity index (χ0v) is 14.5. The number of nitrogens with one attached hydrogen (secondary N) is 1. The molecule has 128 valence electrons. The van der Waals surface area contributed by atoms with Crippen LogP contribution in [0.25, 0.3) is 0 Å². The number of rotatable bonds is 8. The molecule has 0 unspecified atom stereocenters. The first kappa shape index (κ1) is 17.8. The predicted molar refractivity (Wildman–Crippen MR) is 93.8 cm³/mol. The van der Waals surface area contributed by atoms with Crippen LogP contribution in [0.4, 0.5) is 0 Å². The van der Waals surface area contributed by atoms with Gasteiger partial charge < -0.3 is 10.1 Å². The van der Waals surface area contributed by atoms with E-state index >= 15 is 0 Å². The van der Waals surface area contributed by atoms with Crippen molar-refractivity contribution in [2.24, 2.45) is 5.92 Å². The van der Waals surface area contributed by atoms with Crippen LogP contribution in [0.5, 0.6) is 5.75 Å². The van der Waals surface area contributed by atoms with Gasteiger partial charge in [-0.2, -0.15) is 0 Å². The van der Waals surface area contributed by atoms with Crippen molar-refractivity contribution in [3.63, 3.8) is 0 Å². The van der Waals surface area contributed by atoms with Crippen LogP contribution < -0.4 is 10.1 Å². The summed E-state index contributed by atoms with van der Waals surface area (Å²) in [6, 6.07) is 7.99. The first-order chi connectivity index (χ1) is 11.2. The first-order valence-electron chi connectivity index (χ1n) is 8.75. The second-order valence-electron chi connectivity index (χ2n) is 6.65. The molecule has 0 atom stereocenters. The standard InChI is InChI=1S/C19H30N2O2/c1-21(14-17-6-4-3-5-7-17)15-19(22)20-13-12-16-8-10-18(23-2)11-9-16/h8-11,17H,3-7,12-15H2,1-2H3,(H,20,22). The molecule has 1 aromatic carbocycles. The molecular weight excluding hydrogens is 288 g/mol. The summed E-state index contributed by atoms with van der Waals surface area (Å²) in [7, 11) is 3.72. The third kappa shape index (κ3) is 6.61. The van der Waals surface area contributed by atoms with Crippen molar-refractivity contribution in [1.82, 2.24) is 10.2 Å². The summed E-state index contributed by atoms with van der Waals surface area (Å²) in [5, 5.41) is 3.02. The SMILES string of the molecule is COc1ccc(CCNC(=O)CN(C)CC2CCCCC2)cc1. The number of ether oxygens (including phenoxy) is 1. The number of nitrogens with zero attached hydrogens (tertiary/aromatic N) is 1. The quantitative estimate of drug-likeness (QED) is 0.801. The van der Waals surface area contributed by atoms with Crippen LogP contribution in [-0.2, 0) is 11.2 Å². The van der Waals surface area contributed by atoms with Gasteiger partial charge in [-0.15, -0.1) is 0 Å². The Hall–Kier alpha value is -1.55. The topological polar surface area (TPSA) is 41.6 Å². The molecule has 1 fully saturated rings. The van der Waals surface area contributed by atoms with Gasteiger partial charge in [0.15, 0.2) is 0 Å². The molecule has 1 aromatic rings. The second kappa shape index (κ2) is 9.56. The highest BCUT2D eigenvalue weighted by molar-refractivity contribution is 5.77. The van der Waals surface area contributed by atoms with Crippen molar-refractivity contribution >= 4 is 5.91 Å². The number of amides is 1. The third-order valence-corrected chi connectivity index (χ3v) is 4.60. The molecule has 0 heterocycles. The maximum atomic E-state index is 12.0. The molecule has 0 saturated heterocycles. The number of benzene rings is 1. The largest absolute Gasteiger partial charge is 0.497 e. The maximum absolute atomic E-state index is 12.0. The minimum Gasteiger partial charge on any atom is -0.497 e. The molecule has 2 rings (SSSR count). The summed E-state index contributed by atoms with van der Waals surface area (Å²) in [6.07, 6.45) is 7.58. The van der Waals surface area contributed by atoms with E-state index in [0.29, 0.717) is 13.1 Å². The number of carbonyl (C=O) groups is 1. The summed E-state index contributed by atoms with van der Waals surface area (Å²) in [5.41, 5.74) is 1.21. The molecule has 4 nitrogen and oxygen atoms in total. The second-order valence-corrected chi connectivity index (χ2v) is 6.65. The van der Waals surface area contributed by atoms with Crippen LogP contribution in [0.1, 0.15) is 37.7 Å². The highest BCUT2D eigenvalue weighted by Gasteiger charge is 2.16. The maximum Gasteiger partial charge on any atom is 0.234 e. The zero-order chi connectivity index (χ0) is 16.5. The van der Waals surface area contributed by atoms with Gasteiger partial charge in [0, 0.05) is 13.1 Å². The highest BCUT2D eigenvalue weighted by Crippen LogP contribution is 2.23. The zero-order valence-electron chi connectivity index (χ0n) is 14.5. The van der Waals surface area contributed by atoms with Gasteiger partial charge in [0.2, 0.25) is 5.91 Å². The van der Waals surface area contributed by atoms with Crippen LogP contribution in [0, 0.1) is 5.92 Å². The number of hydrogen-bond acceptors (Lipinski definition) is 3. The fourth-order valence-electron chi connectivity index (χ4n) is 3.31. The Morgan fingerprint density at radius 3 is 2.57 bits per heavy atom. The molecule has 1 saturated carbocycles. The Morgan fingerprint density at radius 1 is 1.22 bits per heavy atom. The van der Waals surface area contributed by atoms with Crippen molar-refractivity contribution in [1.29, 1.82) is 0 Å². The minimum atomic E-state index is 0.122. The summed E-state index contributed by atoms with van der Waals surface area (Å²) >= 11 is 0. The average Bonchev–Trinajstić information content (AvgIpc) is 2.56. The Morgan fingerprint density at radius 2 is 1.91 bits per heavy atom. The van der Waals surface area contributed by atoms with Crippen LogP contribution in [0.3, 0.4) is 0 Å². The number of hydrogen-bond donors (Lipinski definition) is 1. The van der Waals surface area contributed by atoms with Crippen molar-refractivity contribution in [3.05, 3.63) is 29.8 Å². The van der Waals surface area contributed by atoms with Gasteiger partial charge in [-0.05, 0) is 49.9 Å². The molecule has 1 aliphatic carbocycles. The molecule has 0 radical (unpaired) electrons. The fraction of sp³-hybridized carbons (Fsp3) is 0.632. The molecule has 1 N–H and O–H groups in total. The van der Waals surface area contributed by atoms with Gasteiger partial charge in [0.05, 0.1) is 13.7 Å². The van der Waals surface area contributed by atoms with Crippen LogP contribution in [-0.4, -0.2) is 44.6 Å². The van der Waals surface area contributed by atoms with Crippen LogP contribution >= 0.6 is 0 Å². The lowest BCUT2D eigenvalue weighted by Gasteiger charge is -2.26. The Bertz CT molecular complexity index is 467. The first-order valence-corrected chi connectivity index (χ1v) is 8.75. The minimum absolute atomic E-state index is 0.122. The van der Waals surface area contributed by atoms with E-state index in [1.165, 1.54) is 37.7 Å². The number of likely N-dealkylation sites (N-methyl/N-ethyl adjacent to an activating group) is 1. The Balaban J connectivity index is 1.61. The van der Waals surface area contributed by atoms with E-state index in [2.05, 4.69) is 17.3 Å². The van der Waals surface area contributed by atoms with E-state index in [0.717, 1.165) is 24.6 Å². The lowest BCUT2D eigenvalue weighted by atomic mass is 9.89. The van der Waals surface area contributed by atoms with Gasteiger partial charge in [-0.3, -0.25) is 9.69 Å². The average molecular weight is 318 g/mol. The predicted octanol–water partition coefficient (Wildman–Crippen LogP) is 2.87. The lowest BCUT2D eigenvalue weighted by molar-refractivity contribution is -0.122. The summed E-state index contributed by atoms with van der Waals surface area (Å²) in [4.78, 5) is 14.2. The molecule has 1 amide bonds. The number of methoxy groups -OCH3 is 1. The van der Waals surface area contributed by atoms with Crippen LogP contribution in [0.2, 0.25) is 0 Å².